The fourth-order valence-corrected chi connectivity index (χ4v) is 2.97. The molecule has 21 heavy (non-hydrogen) atoms. The molecule has 1 aromatic rings. The molecular formula is C12H16F3N3O2S. The van der Waals surface area contributed by atoms with Crippen molar-refractivity contribution < 1.29 is 22.7 Å². The second kappa shape index (κ2) is 6.29. The summed E-state index contributed by atoms with van der Waals surface area (Å²) >= 11 is 1.35. The number of anilines is 1. The fourth-order valence-electron chi connectivity index (χ4n) is 1.88. The largest absolute Gasteiger partial charge is 0.411 e. The Hall–Kier alpha value is -1.19. The maximum atomic E-state index is 12.0. The highest BCUT2D eigenvalue weighted by Gasteiger charge is 2.30. The lowest BCUT2D eigenvalue weighted by molar-refractivity contribution is -0.184. The van der Waals surface area contributed by atoms with E-state index < -0.39 is 24.8 Å². The standard InChI is InChI=1S/C12H16F3N3O2S/c1-7(20-6-12(13,14)15)10(19)17-11-16-8-3-4-18(2)5-9(8)21-11/h7H,3-6H2,1-2H3,(H,16,17,19). The number of halogens is 3. The maximum absolute atomic E-state index is 12.0. The molecule has 0 fully saturated rings. The summed E-state index contributed by atoms with van der Waals surface area (Å²) in [4.78, 5) is 19.3. The molecule has 0 saturated heterocycles. The molecule has 1 amide bonds. The van der Waals surface area contributed by atoms with Crippen LogP contribution in [-0.4, -0.2) is 48.3 Å². The van der Waals surface area contributed by atoms with Gasteiger partial charge in [-0.25, -0.2) is 4.98 Å². The Labute approximate surface area is 124 Å². The van der Waals surface area contributed by atoms with Crippen LogP contribution in [0.3, 0.4) is 0 Å². The van der Waals surface area contributed by atoms with Gasteiger partial charge in [0.25, 0.3) is 5.91 Å². The lowest BCUT2D eigenvalue weighted by Gasteiger charge is -2.20. The summed E-state index contributed by atoms with van der Waals surface area (Å²) in [7, 11) is 1.99. The number of carbonyl (C=O) groups is 1. The molecule has 0 saturated carbocycles. The molecule has 1 atom stereocenters. The van der Waals surface area contributed by atoms with Crippen molar-refractivity contribution in [3.8, 4) is 0 Å². The van der Waals surface area contributed by atoms with Gasteiger partial charge in [-0.3, -0.25) is 10.1 Å². The van der Waals surface area contributed by atoms with Crippen molar-refractivity contribution >= 4 is 22.4 Å². The molecule has 5 nitrogen and oxygen atoms in total. The van der Waals surface area contributed by atoms with E-state index in [1.807, 2.05) is 7.05 Å². The third-order valence-electron chi connectivity index (χ3n) is 3.02. The number of nitrogens with zero attached hydrogens (tertiary/aromatic N) is 2. The molecular weight excluding hydrogens is 307 g/mol. The molecule has 2 rings (SSSR count). The summed E-state index contributed by atoms with van der Waals surface area (Å²) in [5.74, 6) is -0.626. The van der Waals surface area contributed by atoms with Crippen molar-refractivity contribution in [3.63, 3.8) is 0 Å². The van der Waals surface area contributed by atoms with E-state index in [4.69, 9.17) is 0 Å². The van der Waals surface area contributed by atoms with E-state index in [-0.39, 0.29) is 0 Å². The summed E-state index contributed by atoms with van der Waals surface area (Å²) in [6.45, 7) is 1.50. The van der Waals surface area contributed by atoms with E-state index >= 15 is 0 Å². The predicted octanol–water partition coefficient (Wildman–Crippen LogP) is 2.04. The van der Waals surface area contributed by atoms with Crippen LogP contribution in [0.15, 0.2) is 0 Å². The van der Waals surface area contributed by atoms with Gasteiger partial charge in [-0.05, 0) is 14.0 Å². The number of carbonyl (C=O) groups excluding carboxylic acids is 1. The summed E-state index contributed by atoms with van der Waals surface area (Å²) < 4.78 is 40.6. The lowest BCUT2D eigenvalue weighted by atomic mass is 10.2. The van der Waals surface area contributed by atoms with Crippen LogP contribution in [0, 0.1) is 0 Å². The molecule has 0 bridgehead atoms. The number of ether oxygens (including phenoxy) is 1. The Morgan fingerprint density at radius 2 is 2.29 bits per heavy atom. The average molecular weight is 323 g/mol. The second-order valence-corrected chi connectivity index (χ2v) is 6.02. The Kier molecular flexibility index (Phi) is 4.84. The average Bonchev–Trinajstić information content (AvgIpc) is 2.76. The van der Waals surface area contributed by atoms with Gasteiger partial charge in [0.15, 0.2) is 5.13 Å². The SMILES string of the molecule is CC(OCC(F)(F)F)C(=O)Nc1nc2c(s1)CN(C)CC2. The van der Waals surface area contributed by atoms with Crippen molar-refractivity contribution in [2.75, 3.05) is 25.5 Å². The Bertz CT molecular complexity index is 518. The molecule has 1 N–H and O–H groups in total. The fraction of sp³-hybridized carbons (Fsp3) is 0.667. The van der Waals surface area contributed by atoms with Crippen molar-refractivity contribution in [1.82, 2.24) is 9.88 Å². The van der Waals surface area contributed by atoms with Gasteiger partial charge >= 0.3 is 6.18 Å². The van der Waals surface area contributed by atoms with Gasteiger partial charge in [-0.15, -0.1) is 11.3 Å². The van der Waals surface area contributed by atoms with E-state index in [1.165, 1.54) is 18.3 Å². The molecule has 0 spiro atoms. The molecule has 118 valence electrons. The van der Waals surface area contributed by atoms with Crippen LogP contribution in [0.4, 0.5) is 18.3 Å². The number of rotatable bonds is 4. The Morgan fingerprint density at radius 1 is 1.57 bits per heavy atom. The number of alkyl halides is 3. The second-order valence-electron chi connectivity index (χ2n) is 4.93. The van der Waals surface area contributed by atoms with Crippen LogP contribution < -0.4 is 5.32 Å². The van der Waals surface area contributed by atoms with Gasteiger partial charge in [0.1, 0.15) is 12.7 Å². The molecule has 9 heteroatoms. The van der Waals surface area contributed by atoms with Gasteiger partial charge < -0.3 is 9.64 Å². The molecule has 0 aliphatic carbocycles. The minimum absolute atomic E-state index is 0.405. The van der Waals surface area contributed by atoms with Crippen LogP contribution in [0.5, 0.6) is 0 Å². The first-order valence-corrected chi connectivity index (χ1v) is 7.22. The van der Waals surface area contributed by atoms with E-state index in [0.29, 0.717) is 5.13 Å². The van der Waals surface area contributed by atoms with Crippen LogP contribution in [0.25, 0.3) is 0 Å². The van der Waals surface area contributed by atoms with Gasteiger partial charge in [-0.2, -0.15) is 13.2 Å². The first kappa shape index (κ1) is 16.2. The zero-order chi connectivity index (χ0) is 15.6. The first-order chi connectivity index (χ1) is 9.74. The predicted molar refractivity (Wildman–Crippen MR) is 72.3 cm³/mol. The van der Waals surface area contributed by atoms with Gasteiger partial charge in [0.2, 0.25) is 0 Å². The minimum atomic E-state index is -4.45. The van der Waals surface area contributed by atoms with Crippen LogP contribution in [0.1, 0.15) is 17.5 Å². The molecule has 1 unspecified atom stereocenters. The zero-order valence-corrected chi connectivity index (χ0v) is 12.5. The number of nitrogens with one attached hydrogen (secondary N) is 1. The highest BCUT2D eigenvalue weighted by Crippen LogP contribution is 2.27. The number of fused-ring (bicyclic) bond motifs is 1. The smallest absolute Gasteiger partial charge is 0.359 e. The van der Waals surface area contributed by atoms with Crippen LogP contribution >= 0.6 is 11.3 Å². The van der Waals surface area contributed by atoms with E-state index in [9.17, 15) is 18.0 Å². The Balaban J connectivity index is 1.91. The van der Waals surface area contributed by atoms with Gasteiger partial charge in [-0.1, -0.05) is 0 Å². The zero-order valence-electron chi connectivity index (χ0n) is 11.7. The molecule has 0 radical (unpaired) electrons. The topological polar surface area (TPSA) is 54.5 Å². The van der Waals surface area contributed by atoms with E-state index in [2.05, 4.69) is 19.9 Å². The number of hydrogen-bond acceptors (Lipinski definition) is 5. The highest BCUT2D eigenvalue weighted by molar-refractivity contribution is 7.15. The number of aromatic nitrogens is 1. The van der Waals surface area contributed by atoms with Crippen molar-refractivity contribution in [2.45, 2.75) is 32.2 Å². The third kappa shape index (κ3) is 4.65. The molecule has 1 aliphatic rings. The molecule has 2 heterocycles. The molecule has 1 aromatic heterocycles. The highest BCUT2D eigenvalue weighted by atomic mass is 32.1. The Morgan fingerprint density at radius 3 is 2.95 bits per heavy atom. The summed E-state index contributed by atoms with van der Waals surface area (Å²) in [5.41, 5.74) is 0.942. The quantitative estimate of drug-likeness (QED) is 0.921. The summed E-state index contributed by atoms with van der Waals surface area (Å²) in [5, 5.41) is 2.91. The van der Waals surface area contributed by atoms with Gasteiger partial charge in [0.05, 0.1) is 5.69 Å². The van der Waals surface area contributed by atoms with Gasteiger partial charge in [0, 0.05) is 24.4 Å². The van der Waals surface area contributed by atoms with E-state index in [1.54, 1.807) is 0 Å². The number of hydrogen-bond donors (Lipinski definition) is 1. The summed E-state index contributed by atoms with van der Waals surface area (Å²) in [6, 6.07) is 0. The van der Waals surface area contributed by atoms with Crippen LogP contribution in [0.2, 0.25) is 0 Å². The molecule has 1 aliphatic heterocycles. The first-order valence-electron chi connectivity index (χ1n) is 6.41. The third-order valence-corrected chi connectivity index (χ3v) is 4.02. The monoisotopic (exact) mass is 323 g/mol. The normalized spacial score (nSPS) is 17.4. The van der Waals surface area contributed by atoms with Crippen molar-refractivity contribution in [2.24, 2.45) is 0 Å². The number of likely N-dealkylation sites (N-methyl/N-ethyl adjacent to an activating group) is 1. The number of thiazole rings is 1. The van der Waals surface area contributed by atoms with E-state index in [0.717, 1.165) is 30.1 Å². The maximum Gasteiger partial charge on any atom is 0.411 e. The van der Waals surface area contributed by atoms with Crippen molar-refractivity contribution in [3.05, 3.63) is 10.6 Å². The molecule has 0 aromatic carbocycles. The minimum Gasteiger partial charge on any atom is -0.359 e. The van der Waals surface area contributed by atoms with Crippen molar-refractivity contribution in [1.29, 1.82) is 0 Å². The summed E-state index contributed by atoms with van der Waals surface area (Å²) in [6.07, 6.45) is -4.83. The lowest BCUT2D eigenvalue weighted by Crippen LogP contribution is -2.31. The number of amides is 1. The van der Waals surface area contributed by atoms with Crippen LogP contribution in [-0.2, 0) is 22.5 Å².